The fourth-order valence-corrected chi connectivity index (χ4v) is 3.15. The van der Waals surface area contributed by atoms with Crippen molar-refractivity contribution in [3.8, 4) is 0 Å². The lowest BCUT2D eigenvalue weighted by Crippen LogP contribution is -2.35. The van der Waals surface area contributed by atoms with Gasteiger partial charge in [0.1, 0.15) is 11.5 Å². The van der Waals surface area contributed by atoms with Crippen LogP contribution in [0.15, 0.2) is 35.1 Å². The molecule has 0 spiro atoms. The number of morpholine rings is 1. The first kappa shape index (κ1) is 18.6. The fourth-order valence-electron chi connectivity index (χ4n) is 2.74. The first-order valence-corrected chi connectivity index (χ1v) is 9.83. The summed E-state index contributed by atoms with van der Waals surface area (Å²) in [5.41, 5.74) is 1.65. The monoisotopic (exact) mass is 374 g/mol. The molecule has 0 atom stereocenters. The van der Waals surface area contributed by atoms with Crippen LogP contribution in [0.1, 0.15) is 21.9 Å². The van der Waals surface area contributed by atoms with E-state index in [4.69, 9.17) is 4.74 Å². The Labute approximate surface area is 156 Å². The van der Waals surface area contributed by atoms with Crippen molar-refractivity contribution in [1.29, 1.82) is 0 Å². The lowest BCUT2D eigenvalue weighted by Gasteiger charge is -2.26. The Morgan fingerprint density at radius 3 is 2.73 bits per heavy atom. The highest BCUT2D eigenvalue weighted by molar-refractivity contribution is 7.97. The number of aromatic amines is 1. The molecule has 0 saturated carbocycles. The zero-order valence-electron chi connectivity index (χ0n) is 14.7. The van der Waals surface area contributed by atoms with E-state index in [9.17, 15) is 9.59 Å². The van der Waals surface area contributed by atoms with Crippen LogP contribution in [0.25, 0.3) is 0 Å². The Hall–Kier alpha value is -2.16. The smallest absolute Gasteiger partial charge is 0.274 e. The van der Waals surface area contributed by atoms with Crippen molar-refractivity contribution >= 4 is 23.4 Å². The van der Waals surface area contributed by atoms with Gasteiger partial charge in [0.15, 0.2) is 0 Å². The first-order chi connectivity index (χ1) is 12.6. The average Bonchev–Trinajstić information content (AvgIpc) is 2.64. The molecule has 0 radical (unpaired) electrons. The van der Waals surface area contributed by atoms with Crippen molar-refractivity contribution < 1.29 is 9.53 Å². The number of H-pyrrole nitrogens is 1. The van der Waals surface area contributed by atoms with Crippen LogP contribution in [-0.4, -0.2) is 53.3 Å². The minimum atomic E-state index is -0.389. The van der Waals surface area contributed by atoms with E-state index in [0.29, 0.717) is 17.3 Å². The number of carbonyl (C=O) groups excluding carboxylic acids is 1. The van der Waals surface area contributed by atoms with Crippen molar-refractivity contribution in [2.75, 3.05) is 37.9 Å². The summed E-state index contributed by atoms with van der Waals surface area (Å²) >= 11 is 1.53. The maximum absolute atomic E-state index is 12.4. The zero-order chi connectivity index (χ0) is 18.4. The molecule has 26 heavy (non-hydrogen) atoms. The number of aromatic nitrogens is 2. The molecule has 1 aliphatic rings. The van der Waals surface area contributed by atoms with Crippen LogP contribution < -0.4 is 10.9 Å². The summed E-state index contributed by atoms with van der Waals surface area (Å²) in [5.74, 6) is 0.655. The number of anilines is 1. The molecule has 1 aromatic heterocycles. The van der Waals surface area contributed by atoms with Crippen LogP contribution >= 0.6 is 11.8 Å². The molecule has 3 rings (SSSR count). The Balaban J connectivity index is 1.63. The van der Waals surface area contributed by atoms with E-state index in [0.717, 1.165) is 32.8 Å². The van der Waals surface area contributed by atoms with Gasteiger partial charge in [-0.3, -0.25) is 14.5 Å². The number of rotatable bonds is 6. The van der Waals surface area contributed by atoms with Gasteiger partial charge in [-0.05, 0) is 24.0 Å². The van der Waals surface area contributed by atoms with Gasteiger partial charge in [-0.25, -0.2) is 4.98 Å². The predicted molar refractivity (Wildman–Crippen MR) is 103 cm³/mol. The Morgan fingerprint density at radius 2 is 2.04 bits per heavy atom. The minimum Gasteiger partial charge on any atom is -0.379 e. The van der Waals surface area contributed by atoms with Gasteiger partial charge in [-0.1, -0.05) is 12.1 Å². The summed E-state index contributed by atoms with van der Waals surface area (Å²) < 4.78 is 5.35. The van der Waals surface area contributed by atoms with Crippen LogP contribution in [0.2, 0.25) is 0 Å². The predicted octanol–water partition coefficient (Wildman–Crippen LogP) is 1.72. The number of ether oxygens (including phenoxy) is 1. The molecule has 1 aromatic carbocycles. The van der Waals surface area contributed by atoms with Gasteiger partial charge in [-0.15, -0.1) is 0 Å². The van der Waals surface area contributed by atoms with E-state index in [1.165, 1.54) is 23.4 Å². The highest BCUT2D eigenvalue weighted by atomic mass is 32.2. The second-order valence-corrected chi connectivity index (χ2v) is 6.92. The summed E-state index contributed by atoms with van der Waals surface area (Å²) in [6.07, 6.45) is 1.91. The summed E-state index contributed by atoms with van der Waals surface area (Å²) in [4.78, 5) is 33.2. The van der Waals surface area contributed by atoms with Gasteiger partial charge in [0.05, 0.1) is 19.0 Å². The lowest BCUT2D eigenvalue weighted by atomic mass is 10.2. The summed E-state index contributed by atoms with van der Waals surface area (Å²) in [6, 6.07) is 8.93. The summed E-state index contributed by atoms with van der Waals surface area (Å²) in [7, 11) is 0. The van der Waals surface area contributed by atoms with E-state index in [1.807, 2.05) is 30.5 Å². The van der Waals surface area contributed by atoms with E-state index in [2.05, 4.69) is 20.2 Å². The second-order valence-electron chi connectivity index (χ2n) is 6.05. The molecule has 1 aliphatic heterocycles. The topological polar surface area (TPSA) is 87.3 Å². The number of carbonyl (C=O) groups is 1. The molecule has 2 aromatic rings. The van der Waals surface area contributed by atoms with Crippen molar-refractivity contribution in [2.45, 2.75) is 12.3 Å². The molecule has 0 unspecified atom stereocenters. The number of nitrogens with one attached hydrogen (secondary N) is 2. The Morgan fingerprint density at radius 1 is 1.31 bits per heavy atom. The van der Waals surface area contributed by atoms with Crippen LogP contribution in [0.5, 0.6) is 0 Å². The van der Waals surface area contributed by atoms with Crippen molar-refractivity contribution in [2.24, 2.45) is 0 Å². The highest BCUT2D eigenvalue weighted by Gasteiger charge is 2.12. The van der Waals surface area contributed by atoms with Gasteiger partial charge in [-0.2, -0.15) is 11.8 Å². The second kappa shape index (κ2) is 8.98. The third kappa shape index (κ3) is 5.17. The van der Waals surface area contributed by atoms with Crippen molar-refractivity contribution in [3.05, 3.63) is 57.8 Å². The zero-order valence-corrected chi connectivity index (χ0v) is 15.5. The number of amides is 1. The quantitative estimate of drug-likeness (QED) is 0.801. The molecule has 0 bridgehead atoms. The number of hydrogen-bond acceptors (Lipinski definition) is 6. The van der Waals surface area contributed by atoms with Gasteiger partial charge in [0, 0.05) is 31.4 Å². The molecular weight excluding hydrogens is 352 g/mol. The molecule has 2 N–H and O–H groups in total. The molecule has 7 nitrogen and oxygen atoms in total. The fraction of sp³-hybridized carbons (Fsp3) is 0.389. The molecule has 2 heterocycles. The lowest BCUT2D eigenvalue weighted by molar-refractivity contribution is 0.0342. The molecule has 0 aliphatic carbocycles. The van der Waals surface area contributed by atoms with Crippen molar-refractivity contribution in [3.63, 3.8) is 0 Å². The maximum Gasteiger partial charge on any atom is 0.274 e. The van der Waals surface area contributed by atoms with Crippen LogP contribution in [0.4, 0.5) is 5.69 Å². The van der Waals surface area contributed by atoms with Crippen LogP contribution in [0.3, 0.4) is 0 Å². The van der Waals surface area contributed by atoms with Gasteiger partial charge in [0.2, 0.25) is 0 Å². The average molecular weight is 374 g/mol. The van der Waals surface area contributed by atoms with E-state index >= 15 is 0 Å². The molecular formula is C18H22N4O3S. The van der Waals surface area contributed by atoms with E-state index in [1.54, 1.807) is 0 Å². The van der Waals surface area contributed by atoms with Gasteiger partial charge in [0.25, 0.3) is 11.5 Å². The third-order valence-electron chi connectivity index (χ3n) is 4.03. The normalized spacial score (nSPS) is 15.0. The first-order valence-electron chi connectivity index (χ1n) is 8.43. The summed E-state index contributed by atoms with van der Waals surface area (Å²) in [5, 5.41) is 2.79. The van der Waals surface area contributed by atoms with Crippen LogP contribution in [-0.2, 0) is 17.0 Å². The Bertz CT molecular complexity index is 801. The standard InChI is InChI=1S/C18H22N4O3S/c1-26-12-16-20-15(10-17(23)21-16)18(24)19-14-4-2-13(3-5-14)11-22-6-8-25-9-7-22/h2-5,10H,6-9,11-12H2,1H3,(H,19,24)(H,20,21,23). The van der Waals surface area contributed by atoms with Gasteiger partial charge >= 0.3 is 0 Å². The number of benzene rings is 1. The maximum atomic E-state index is 12.4. The number of nitrogens with zero attached hydrogens (tertiary/aromatic N) is 2. The number of hydrogen-bond donors (Lipinski definition) is 2. The minimum absolute atomic E-state index is 0.121. The third-order valence-corrected chi connectivity index (χ3v) is 4.59. The largest absolute Gasteiger partial charge is 0.379 e. The SMILES string of the molecule is CSCc1nc(C(=O)Nc2ccc(CN3CCOCC3)cc2)cc(=O)[nH]1. The summed E-state index contributed by atoms with van der Waals surface area (Å²) in [6.45, 7) is 4.28. The van der Waals surface area contributed by atoms with Crippen molar-refractivity contribution in [1.82, 2.24) is 14.9 Å². The molecule has 8 heteroatoms. The van der Waals surface area contributed by atoms with Crippen LogP contribution in [0, 0.1) is 0 Å². The van der Waals surface area contributed by atoms with E-state index in [-0.39, 0.29) is 17.2 Å². The van der Waals surface area contributed by atoms with Gasteiger partial charge < -0.3 is 15.0 Å². The van der Waals surface area contributed by atoms with E-state index < -0.39 is 0 Å². The number of thioether (sulfide) groups is 1. The molecule has 1 fully saturated rings. The molecule has 138 valence electrons. The molecule has 1 saturated heterocycles. The molecule has 1 amide bonds. The highest BCUT2D eigenvalue weighted by Crippen LogP contribution is 2.13. The Kier molecular flexibility index (Phi) is 6.43.